The van der Waals surface area contributed by atoms with Crippen LogP contribution >= 0.6 is 11.6 Å². The van der Waals surface area contributed by atoms with Gasteiger partial charge < -0.3 is 10.1 Å². The molecule has 1 aromatic carbocycles. The average Bonchev–Trinajstić information content (AvgIpc) is 3.23. The minimum absolute atomic E-state index is 0.210. The van der Waals surface area contributed by atoms with Crippen molar-refractivity contribution in [1.82, 2.24) is 15.3 Å². The third-order valence-electron chi connectivity index (χ3n) is 4.98. The van der Waals surface area contributed by atoms with E-state index in [1.54, 1.807) is 24.3 Å². The summed E-state index contributed by atoms with van der Waals surface area (Å²) in [6.45, 7) is 4.30. The molecule has 3 atom stereocenters. The van der Waals surface area contributed by atoms with E-state index in [0.29, 0.717) is 30.9 Å². The molecule has 9 heteroatoms. The number of aromatic nitrogens is 2. The van der Waals surface area contributed by atoms with Crippen LogP contribution < -0.4 is 10.2 Å². The van der Waals surface area contributed by atoms with Crippen LogP contribution in [0.5, 0.6) is 0 Å². The van der Waals surface area contributed by atoms with Gasteiger partial charge in [-0.15, -0.1) is 0 Å². The first-order valence-corrected chi connectivity index (χ1v) is 9.60. The highest BCUT2D eigenvalue weighted by molar-refractivity contribution is 6.32. The Balaban J connectivity index is 2.12. The zero-order valence-electron chi connectivity index (χ0n) is 16.1. The van der Waals surface area contributed by atoms with E-state index >= 15 is 0 Å². The highest BCUT2D eigenvalue weighted by Crippen LogP contribution is 2.35. The second kappa shape index (κ2) is 8.84. The quantitative estimate of drug-likeness (QED) is 0.726. The number of alkyl halides is 2. The number of nitrogens with one attached hydrogen (secondary N) is 1. The standard InChI is InChI=1S/C20H22ClFN4O3/c1-13-3-5-16(6-4-13)26(18(27)17(21)22)20(2,14-9-23-12-24-10-14)19(28)25-15-7-8-29-11-15/h3-6,9-10,12,15,17H,7-8,11H2,1-2H3,(H,25,28)/t15?,17-,20-/m0/s1. The van der Waals surface area contributed by atoms with Gasteiger partial charge in [0.15, 0.2) is 5.54 Å². The van der Waals surface area contributed by atoms with Gasteiger partial charge in [-0.1, -0.05) is 29.3 Å². The van der Waals surface area contributed by atoms with Crippen molar-refractivity contribution in [2.75, 3.05) is 18.1 Å². The number of rotatable bonds is 6. The lowest BCUT2D eigenvalue weighted by molar-refractivity contribution is -0.131. The van der Waals surface area contributed by atoms with Crippen molar-refractivity contribution in [3.05, 3.63) is 54.1 Å². The molecule has 0 aliphatic carbocycles. The van der Waals surface area contributed by atoms with E-state index in [0.717, 1.165) is 10.5 Å². The van der Waals surface area contributed by atoms with Gasteiger partial charge in [-0.2, -0.15) is 0 Å². The summed E-state index contributed by atoms with van der Waals surface area (Å²) < 4.78 is 19.3. The van der Waals surface area contributed by atoms with Gasteiger partial charge in [-0.05, 0) is 32.4 Å². The topological polar surface area (TPSA) is 84.4 Å². The molecule has 0 bridgehead atoms. The molecule has 1 saturated heterocycles. The van der Waals surface area contributed by atoms with Crippen molar-refractivity contribution < 1.29 is 18.7 Å². The van der Waals surface area contributed by atoms with Crippen molar-refractivity contribution >= 4 is 29.1 Å². The van der Waals surface area contributed by atoms with Crippen LogP contribution in [-0.4, -0.2) is 46.7 Å². The summed E-state index contributed by atoms with van der Waals surface area (Å²) in [5, 5.41) is 2.89. The monoisotopic (exact) mass is 420 g/mol. The molecular weight excluding hydrogens is 399 g/mol. The number of carbonyl (C=O) groups excluding carboxylic acids is 2. The maximum absolute atomic E-state index is 14.0. The molecule has 1 aliphatic rings. The number of amides is 2. The van der Waals surface area contributed by atoms with Crippen molar-refractivity contribution in [3.63, 3.8) is 0 Å². The number of aryl methyl sites for hydroxylation is 1. The van der Waals surface area contributed by atoms with Crippen LogP contribution in [0, 0.1) is 6.92 Å². The van der Waals surface area contributed by atoms with Crippen molar-refractivity contribution in [2.24, 2.45) is 0 Å². The molecule has 154 valence electrons. The number of hydrogen-bond acceptors (Lipinski definition) is 5. The molecule has 1 N–H and O–H groups in total. The smallest absolute Gasteiger partial charge is 0.278 e. The van der Waals surface area contributed by atoms with Crippen LogP contribution in [0.25, 0.3) is 0 Å². The molecule has 2 heterocycles. The molecule has 1 unspecified atom stereocenters. The van der Waals surface area contributed by atoms with Gasteiger partial charge in [0.05, 0.1) is 12.6 Å². The van der Waals surface area contributed by atoms with Gasteiger partial charge in [0, 0.05) is 30.3 Å². The van der Waals surface area contributed by atoms with Crippen molar-refractivity contribution in [1.29, 1.82) is 0 Å². The Morgan fingerprint density at radius 2 is 1.97 bits per heavy atom. The molecule has 2 aromatic rings. The van der Waals surface area contributed by atoms with Crippen LogP contribution in [-0.2, 0) is 19.9 Å². The molecule has 29 heavy (non-hydrogen) atoms. The minimum Gasteiger partial charge on any atom is -0.379 e. The predicted octanol–water partition coefficient (Wildman–Crippen LogP) is 2.47. The van der Waals surface area contributed by atoms with E-state index in [-0.39, 0.29) is 6.04 Å². The van der Waals surface area contributed by atoms with Gasteiger partial charge in [0.2, 0.25) is 0 Å². The Kier molecular flexibility index (Phi) is 6.44. The first-order valence-electron chi connectivity index (χ1n) is 9.17. The summed E-state index contributed by atoms with van der Waals surface area (Å²) in [7, 11) is 0. The van der Waals surface area contributed by atoms with E-state index in [2.05, 4.69) is 15.3 Å². The average molecular weight is 421 g/mol. The van der Waals surface area contributed by atoms with Gasteiger partial charge in [0.25, 0.3) is 17.4 Å². The second-order valence-electron chi connectivity index (χ2n) is 7.04. The van der Waals surface area contributed by atoms with Gasteiger partial charge in [-0.3, -0.25) is 14.5 Å². The van der Waals surface area contributed by atoms with E-state index < -0.39 is 23.0 Å². The molecule has 0 radical (unpaired) electrons. The molecule has 1 fully saturated rings. The lowest BCUT2D eigenvalue weighted by Crippen LogP contribution is -2.60. The largest absolute Gasteiger partial charge is 0.379 e. The fraction of sp³-hybridized carbons (Fsp3) is 0.400. The van der Waals surface area contributed by atoms with Gasteiger partial charge in [0.1, 0.15) is 6.33 Å². The maximum Gasteiger partial charge on any atom is 0.278 e. The number of hydrogen-bond donors (Lipinski definition) is 1. The summed E-state index contributed by atoms with van der Waals surface area (Å²) in [6, 6.07) is 6.60. The number of ether oxygens (including phenoxy) is 1. The van der Waals surface area contributed by atoms with Gasteiger partial charge in [-0.25, -0.2) is 14.4 Å². The van der Waals surface area contributed by atoms with Crippen LogP contribution in [0.3, 0.4) is 0 Å². The number of halogens is 2. The fourth-order valence-corrected chi connectivity index (χ4v) is 3.38. The van der Waals surface area contributed by atoms with E-state index in [1.165, 1.54) is 25.6 Å². The second-order valence-corrected chi connectivity index (χ2v) is 7.43. The first kappa shape index (κ1) is 21.1. The Morgan fingerprint density at radius 1 is 1.31 bits per heavy atom. The maximum atomic E-state index is 14.0. The number of carbonyl (C=O) groups is 2. The summed E-state index contributed by atoms with van der Waals surface area (Å²) in [5.74, 6) is -1.56. The van der Waals surface area contributed by atoms with Crippen molar-refractivity contribution in [2.45, 2.75) is 37.5 Å². The molecule has 1 aromatic heterocycles. The lowest BCUT2D eigenvalue weighted by atomic mass is 9.89. The number of anilines is 1. The lowest BCUT2D eigenvalue weighted by Gasteiger charge is -2.40. The zero-order valence-corrected chi connectivity index (χ0v) is 16.9. The third-order valence-corrected chi connectivity index (χ3v) is 5.16. The van der Waals surface area contributed by atoms with Crippen LogP contribution in [0.1, 0.15) is 24.5 Å². The predicted molar refractivity (Wildman–Crippen MR) is 106 cm³/mol. The van der Waals surface area contributed by atoms with E-state index in [1.807, 2.05) is 6.92 Å². The molecule has 3 rings (SSSR count). The Bertz CT molecular complexity index is 860. The van der Waals surface area contributed by atoms with Crippen LogP contribution in [0.15, 0.2) is 43.0 Å². The molecule has 2 amide bonds. The Morgan fingerprint density at radius 3 is 2.52 bits per heavy atom. The van der Waals surface area contributed by atoms with E-state index in [9.17, 15) is 14.0 Å². The third kappa shape index (κ3) is 4.38. The Hall–Kier alpha value is -2.58. The number of nitrogens with zero attached hydrogens (tertiary/aromatic N) is 3. The van der Waals surface area contributed by atoms with Gasteiger partial charge >= 0.3 is 0 Å². The zero-order chi connectivity index (χ0) is 21.0. The first-order chi connectivity index (χ1) is 13.8. The minimum atomic E-state index is -2.33. The van der Waals surface area contributed by atoms with Crippen LogP contribution in [0.2, 0.25) is 0 Å². The van der Waals surface area contributed by atoms with E-state index in [4.69, 9.17) is 16.3 Å². The summed E-state index contributed by atoms with van der Waals surface area (Å²) in [5.41, 5.74) is -2.38. The summed E-state index contributed by atoms with van der Waals surface area (Å²) >= 11 is 5.53. The van der Waals surface area contributed by atoms with Crippen molar-refractivity contribution in [3.8, 4) is 0 Å². The van der Waals surface area contributed by atoms with Crippen LogP contribution in [0.4, 0.5) is 10.1 Å². The molecule has 1 aliphatic heterocycles. The SMILES string of the molecule is Cc1ccc(N(C(=O)[C@H](F)Cl)[C@](C)(C(=O)NC2CCOC2)c2cncnc2)cc1. The molecule has 0 spiro atoms. The molecular formula is C20H22ClFN4O3. The number of benzene rings is 1. The molecule has 7 nitrogen and oxygen atoms in total. The fourth-order valence-electron chi connectivity index (χ4n) is 3.28. The molecule has 0 saturated carbocycles. The highest BCUT2D eigenvalue weighted by Gasteiger charge is 2.47. The normalized spacial score (nSPS) is 19.2. The Labute approximate surface area is 173 Å². The highest BCUT2D eigenvalue weighted by atomic mass is 35.5. The summed E-state index contributed by atoms with van der Waals surface area (Å²) in [6.07, 6.45) is 4.80. The summed E-state index contributed by atoms with van der Waals surface area (Å²) in [4.78, 5) is 35.3.